The molecular formula is C11H12N8O3S. The fourth-order valence-electron chi connectivity index (χ4n) is 1.82. The van der Waals surface area contributed by atoms with Gasteiger partial charge in [-0.2, -0.15) is 4.68 Å². The van der Waals surface area contributed by atoms with Crippen molar-refractivity contribution in [3.8, 4) is 5.82 Å². The molecule has 0 aliphatic carbocycles. The highest BCUT2D eigenvalue weighted by atomic mass is 32.2. The molecule has 0 saturated heterocycles. The van der Waals surface area contributed by atoms with E-state index in [4.69, 9.17) is 10.5 Å². The molecule has 0 unspecified atom stereocenters. The van der Waals surface area contributed by atoms with Crippen LogP contribution >= 0.6 is 11.8 Å². The third-order valence-electron chi connectivity index (χ3n) is 2.95. The number of hydrogen-bond donors (Lipinski definition) is 1. The second-order valence-corrected chi connectivity index (χ2v) is 5.31. The van der Waals surface area contributed by atoms with E-state index in [1.54, 1.807) is 6.20 Å². The van der Waals surface area contributed by atoms with Crippen LogP contribution in [0.4, 0.5) is 5.82 Å². The van der Waals surface area contributed by atoms with E-state index in [1.165, 1.54) is 23.6 Å². The second kappa shape index (κ2) is 6.08. The van der Waals surface area contributed by atoms with Gasteiger partial charge in [0.25, 0.3) is 0 Å². The summed E-state index contributed by atoms with van der Waals surface area (Å²) in [7, 11) is 3.13. The van der Waals surface area contributed by atoms with Crippen molar-refractivity contribution < 1.29 is 14.2 Å². The molecule has 0 aliphatic rings. The Morgan fingerprint density at radius 2 is 2.30 bits per heavy atom. The number of hydrogen-bond acceptors (Lipinski definition) is 10. The van der Waals surface area contributed by atoms with E-state index in [1.807, 2.05) is 17.8 Å². The van der Waals surface area contributed by atoms with Crippen LogP contribution in [0.2, 0.25) is 0 Å². The van der Waals surface area contributed by atoms with Gasteiger partial charge in [0.2, 0.25) is 11.6 Å². The van der Waals surface area contributed by atoms with Crippen molar-refractivity contribution in [2.45, 2.75) is 10.9 Å². The molecule has 0 amide bonds. The molecule has 0 radical (unpaired) electrons. The molecule has 0 fully saturated rings. The Balaban J connectivity index is 1.98. The van der Waals surface area contributed by atoms with Gasteiger partial charge in [-0.25, -0.2) is 14.4 Å². The third kappa shape index (κ3) is 2.75. The number of imidazole rings is 1. The molecule has 3 heterocycles. The van der Waals surface area contributed by atoms with Gasteiger partial charge in [-0.15, -0.1) is 5.10 Å². The summed E-state index contributed by atoms with van der Waals surface area (Å²) in [6, 6.07) is 0. The van der Waals surface area contributed by atoms with Crippen LogP contribution in [0.25, 0.3) is 5.82 Å². The first-order chi connectivity index (χ1) is 11.1. The molecule has 0 spiro atoms. The quantitative estimate of drug-likeness (QED) is 0.501. The van der Waals surface area contributed by atoms with Crippen LogP contribution in [0, 0.1) is 0 Å². The topological polar surface area (TPSA) is 140 Å². The van der Waals surface area contributed by atoms with Gasteiger partial charge in [-0.1, -0.05) is 17.0 Å². The molecule has 0 atom stereocenters. The molecular weight excluding hydrogens is 324 g/mol. The predicted octanol–water partition coefficient (Wildman–Crippen LogP) is 0.0449. The molecule has 11 nitrogen and oxygen atoms in total. The monoisotopic (exact) mass is 336 g/mol. The number of ether oxygens (including phenoxy) is 1. The normalized spacial score (nSPS) is 10.9. The van der Waals surface area contributed by atoms with Crippen molar-refractivity contribution in [2.75, 3.05) is 12.8 Å². The maximum Gasteiger partial charge on any atom is 0.360 e. The lowest BCUT2D eigenvalue weighted by Crippen LogP contribution is -2.09. The Bertz CT molecular complexity index is 838. The standard InChI is InChI=1S/C11H12N8O3S/c1-18-4-3-13-11(18)23-5-6-7(10(20)21-2)14-17-19(6)9-8(12)15-22-16-9/h3-4H,5H2,1-2H3,(H2,12,15). The van der Waals surface area contributed by atoms with E-state index in [9.17, 15) is 4.79 Å². The average Bonchev–Trinajstić information content (AvgIpc) is 3.24. The zero-order valence-electron chi connectivity index (χ0n) is 12.2. The lowest BCUT2D eigenvalue weighted by atomic mass is 10.3. The number of nitrogen functional groups attached to an aromatic ring is 1. The smallest absolute Gasteiger partial charge is 0.360 e. The number of anilines is 1. The van der Waals surface area contributed by atoms with Gasteiger partial charge in [-0.05, 0) is 10.3 Å². The van der Waals surface area contributed by atoms with Gasteiger partial charge in [-0.3, -0.25) is 0 Å². The molecule has 12 heteroatoms. The summed E-state index contributed by atoms with van der Waals surface area (Å²) in [4.78, 5) is 16.1. The Hall–Kier alpha value is -2.89. The van der Waals surface area contributed by atoms with Crippen molar-refractivity contribution in [1.82, 2.24) is 34.9 Å². The minimum absolute atomic E-state index is 0.0366. The minimum atomic E-state index is -0.610. The lowest BCUT2D eigenvalue weighted by Gasteiger charge is -2.05. The van der Waals surface area contributed by atoms with E-state index in [2.05, 4.69) is 30.2 Å². The van der Waals surface area contributed by atoms with Crippen LogP contribution < -0.4 is 5.73 Å². The maximum absolute atomic E-state index is 11.9. The summed E-state index contributed by atoms with van der Waals surface area (Å²) in [6.07, 6.45) is 3.50. The Labute approximate surface area is 133 Å². The largest absolute Gasteiger partial charge is 0.464 e. The van der Waals surface area contributed by atoms with E-state index in [0.29, 0.717) is 11.4 Å². The molecule has 3 rings (SSSR count). The van der Waals surface area contributed by atoms with Gasteiger partial charge in [0.1, 0.15) is 0 Å². The zero-order chi connectivity index (χ0) is 16.4. The molecule has 23 heavy (non-hydrogen) atoms. The van der Waals surface area contributed by atoms with Gasteiger partial charge in [0.15, 0.2) is 10.9 Å². The Kier molecular flexibility index (Phi) is 3.97. The molecule has 3 aromatic rings. The van der Waals surface area contributed by atoms with E-state index < -0.39 is 5.97 Å². The number of thioether (sulfide) groups is 1. The van der Waals surface area contributed by atoms with E-state index >= 15 is 0 Å². The average molecular weight is 336 g/mol. The van der Waals surface area contributed by atoms with E-state index in [-0.39, 0.29) is 17.3 Å². The summed E-state index contributed by atoms with van der Waals surface area (Å²) in [5.41, 5.74) is 6.20. The Morgan fingerprint density at radius 1 is 1.48 bits per heavy atom. The molecule has 0 bridgehead atoms. The predicted molar refractivity (Wildman–Crippen MR) is 77.7 cm³/mol. The summed E-state index contributed by atoms with van der Waals surface area (Å²) in [5.74, 6) is -0.0754. The fraction of sp³-hybridized carbons (Fsp3) is 0.273. The molecule has 0 saturated carbocycles. The second-order valence-electron chi connectivity index (χ2n) is 4.37. The van der Waals surface area contributed by atoms with Crippen LogP contribution in [-0.2, 0) is 17.5 Å². The maximum atomic E-state index is 11.9. The number of rotatable bonds is 5. The fourth-order valence-corrected chi connectivity index (χ4v) is 2.74. The van der Waals surface area contributed by atoms with Crippen molar-refractivity contribution >= 4 is 23.5 Å². The first kappa shape index (κ1) is 15.0. The number of esters is 1. The SMILES string of the molecule is COC(=O)c1nnn(-c2nonc2N)c1CSc1nccn1C. The van der Waals surface area contributed by atoms with E-state index in [0.717, 1.165) is 5.16 Å². The van der Waals surface area contributed by atoms with Gasteiger partial charge in [0.05, 0.1) is 12.8 Å². The number of aryl methyl sites for hydroxylation is 1. The molecule has 3 aromatic heterocycles. The van der Waals surface area contributed by atoms with Crippen LogP contribution in [0.3, 0.4) is 0 Å². The van der Waals surface area contributed by atoms with Gasteiger partial charge < -0.3 is 15.0 Å². The van der Waals surface area contributed by atoms with Crippen LogP contribution in [0.15, 0.2) is 22.2 Å². The van der Waals surface area contributed by atoms with Crippen LogP contribution in [0.1, 0.15) is 16.2 Å². The highest BCUT2D eigenvalue weighted by Crippen LogP contribution is 2.24. The molecule has 0 aliphatic heterocycles. The number of nitrogens with two attached hydrogens (primary N) is 1. The molecule has 2 N–H and O–H groups in total. The van der Waals surface area contributed by atoms with Crippen molar-refractivity contribution in [2.24, 2.45) is 7.05 Å². The third-order valence-corrected chi connectivity index (χ3v) is 4.02. The number of methoxy groups -OCH3 is 1. The summed E-state index contributed by atoms with van der Waals surface area (Å²) < 4.78 is 12.4. The summed E-state index contributed by atoms with van der Waals surface area (Å²) in [5, 5.41) is 15.7. The molecule has 0 aromatic carbocycles. The molecule has 120 valence electrons. The minimum Gasteiger partial charge on any atom is -0.464 e. The lowest BCUT2D eigenvalue weighted by molar-refractivity contribution is 0.0593. The number of carbonyl (C=O) groups excluding carboxylic acids is 1. The number of carbonyl (C=O) groups is 1. The Morgan fingerprint density at radius 3 is 2.91 bits per heavy atom. The summed E-state index contributed by atoms with van der Waals surface area (Å²) >= 11 is 1.39. The highest BCUT2D eigenvalue weighted by Gasteiger charge is 2.24. The number of aromatic nitrogens is 7. The highest BCUT2D eigenvalue weighted by molar-refractivity contribution is 7.98. The van der Waals surface area contributed by atoms with Gasteiger partial charge >= 0.3 is 5.97 Å². The van der Waals surface area contributed by atoms with Crippen LogP contribution in [-0.4, -0.2) is 47.9 Å². The van der Waals surface area contributed by atoms with Gasteiger partial charge in [0, 0.05) is 25.2 Å². The first-order valence-electron chi connectivity index (χ1n) is 6.33. The zero-order valence-corrected chi connectivity index (χ0v) is 13.0. The van der Waals surface area contributed by atoms with Crippen molar-refractivity contribution in [3.05, 3.63) is 23.8 Å². The van der Waals surface area contributed by atoms with Crippen molar-refractivity contribution in [3.63, 3.8) is 0 Å². The van der Waals surface area contributed by atoms with Crippen molar-refractivity contribution in [1.29, 1.82) is 0 Å². The summed E-state index contributed by atoms with van der Waals surface area (Å²) in [6.45, 7) is 0. The number of nitrogens with zero attached hydrogens (tertiary/aromatic N) is 7. The van der Waals surface area contributed by atoms with Crippen LogP contribution in [0.5, 0.6) is 0 Å². The first-order valence-corrected chi connectivity index (χ1v) is 7.31.